The van der Waals surface area contributed by atoms with Crippen LogP contribution in [0.5, 0.6) is 6.01 Å². The highest BCUT2D eigenvalue weighted by Gasteiger charge is 2.05. The number of nitrogens with one attached hydrogen (secondary N) is 2. The lowest BCUT2D eigenvalue weighted by molar-refractivity contribution is 0.147. The van der Waals surface area contributed by atoms with E-state index >= 15 is 0 Å². The van der Waals surface area contributed by atoms with Gasteiger partial charge in [-0.25, -0.2) is 0 Å². The minimum atomic E-state index is 0.306. The Morgan fingerprint density at radius 2 is 1.68 bits per heavy atom. The first-order chi connectivity index (χ1) is 9.30. The molecule has 7 nitrogen and oxygen atoms in total. The van der Waals surface area contributed by atoms with Crippen molar-refractivity contribution in [2.24, 2.45) is 0 Å². The van der Waals surface area contributed by atoms with Crippen LogP contribution < -0.4 is 15.4 Å². The van der Waals surface area contributed by atoms with Gasteiger partial charge in [-0.05, 0) is 19.8 Å². The molecule has 1 rings (SSSR count). The third kappa shape index (κ3) is 6.19. The summed E-state index contributed by atoms with van der Waals surface area (Å²) in [5.41, 5.74) is 0. The molecule has 0 unspecified atom stereocenters. The molecular formula is C12H23N5O2. The summed E-state index contributed by atoms with van der Waals surface area (Å²) < 4.78 is 10.3. The Labute approximate surface area is 114 Å². The fraction of sp³-hybridized carbons (Fsp3) is 0.750. The van der Waals surface area contributed by atoms with Crippen molar-refractivity contribution >= 4 is 11.9 Å². The zero-order valence-corrected chi connectivity index (χ0v) is 11.9. The third-order valence-corrected chi connectivity index (χ3v) is 2.28. The van der Waals surface area contributed by atoms with E-state index in [1.807, 2.05) is 6.92 Å². The molecule has 0 aromatic carbocycles. The van der Waals surface area contributed by atoms with Gasteiger partial charge in [0.15, 0.2) is 0 Å². The van der Waals surface area contributed by atoms with E-state index in [-0.39, 0.29) is 0 Å². The summed E-state index contributed by atoms with van der Waals surface area (Å²) in [6.45, 7) is 7.10. The Morgan fingerprint density at radius 3 is 2.26 bits per heavy atom. The lowest BCUT2D eigenvalue weighted by Gasteiger charge is -2.09. The molecule has 19 heavy (non-hydrogen) atoms. The molecule has 7 heteroatoms. The van der Waals surface area contributed by atoms with E-state index in [1.54, 1.807) is 0 Å². The smallest absolute Gasteiger partial charge is 0.322 e. The first-order valence-electron chi connectivity index (χ1n) is 6.65. The van der Waals surface area contributed by atoms with Gasteiger partial charge in [-0.2, -0.15) is 15.0 Å². The number of rotatable bonds is 10. The highest BCUT2D eigenvalue weighted by atomic mass is 16.5. The monoisotopic (exact) mass is 269 g/mol. The predicted octanol–water partition coefficient (Wildman–Crippen LogP) is 1.54. The molecule has 0 amide bonds. The highest BCUT2D eigenvalue weighted by Crippen LogP contribution is 2.10. The molecule has 0 aliphatic carbocycles. The molecule has 0 atom stereocenters. The molecule has 1 aromatic heterocycles. The summed E-state index contributed by atoms with van der Waals surface area (Å²) in [6.07, 6.45) is 1.91. The fourth-order valence-electron chi connectivity index (χ4n) is 1.36. The lowest BCUT2D eigenvalue weighted by Crippen LogP contribution is -2.12. The zero-order chi connectivity index (χ0) is 13.9. The Kier molecular flexibility index (Phi) is 7.57. The maximum atomic E-state index is 5.26. The van der Waals surface area contributed by atoms with Crippen LogP contribution in [0.3, 0.4) is 0 Å². The van der Waals surface area contributed by atoms with Crippen molar-refractivity contribution in [2.75, 3.05) is 44.0 Å². The van der Waals surface area contributed by atoms with Gasteiger partial charge in [0.05, 0.1) is 7.11 Å². The second kappa shape index (κ2) is 9.32. The number of methoxy groups -OCH3 is 1. The molecule has 0 radical (unpaired) electrons. The summed E-state index contributed by atoms with van der Waals surface area (Å²) in [5, 5.41) is 6.25. The number of hydrogen-bond acceptors (Lipinski definition) is 7. The van der Waals surface area contributed by atoms with Crippen LogP contribution in [-0.2, 0) is 4.74 Å². The molecule has 1 aromatic rings. The standard InChI is InChI=1S/C12H23N5O2/c1-4-7-13-10-15-11(17-12(16-10)18-3)14-8-6-9-19-5-2/h4-9H2,1-3H3,(H2,13,14,15,16,17). The Balaban J connectivity index is 2.50. The summed E-state index contributed by atoms with van der Waals surface area (Å²) in [5.74, 6) is 1.04. The molecule has 0 bridgehead atoms. The maximum Gasteiger partial charge on any atom is 0.322 e. The normalized spacial score (nSPS) is 10.3. The van der Waals surface area contributed by atoms with E-state index in [0.29, 0.717) is 17.9 Å². The first-order valence-corrected chi connectivity index (χ1v) is 6.65. The molecule has 0 spiro atoms. The van der Waals surface area contributed by atoms with Gasteiger partial charge in [0, 0.05) is 26.3 Å². The van der Waals surface area contributed by atoms with Crippen LogP contribution in [0.25, 0.3) is 0 Å². The van der Waals surface area contributed by atoms with Gasteiger partial charge in [-0.15, -0.1) is 0 Å². The third-order valence-electron chi connectivity index (χ3n) is 2.28. The van der Waals surface area contributed by atoms with Crippen LogP contribution >= 0.6 is 0 Å². The fourth-order valence-corrected chi connectivity index (χ4v) is 1.36. The van der Waals surface area contributed by atoms with Gasteiger partial charge in [-0.3, -0.25) is 0 Å². The van der Waals surface area contributed by atoms with E-state index in [1.165, 1.54) is 7.11 Å². The van der Waals surface area contributed by atoms with Crippen LogP contribution in [0.15, 0.2) is 0 Å². The Morgan fingerprint density at radius 1 is 1.00 bits per heavy atom. The van der Waals surface area contributed by atoms with Crippen molar-refractivity contribution < 1.29 is 9.47 Å². The highest BCUT2D eigenvalue weighted by molar-refractivity contribution is 5.35. The van der Waals surface area contributed by atoms with Crippen LogP contribution in [0.4, 0.5) is 11.9 Å². The van der Waals surface area contributed by atoms with Crippen molar-refractivity contribution in [1.29, 1.82) is 0 Å². The quantitative estimate of drug-likeness (QED) is 0.623. The van der Waals surface area contributed by atoms with Crippen LogP contribution in [0, 0.1) is 0 Å². The molecule has 108 valence electrons. The van der Waals surface area contributed by atoms with Crippen LogP contribution in [0.2, 0.25) is 0 Å². The molecule has 0 aliphatic heterocycles. The van der Waals surface area contributed by atoms with Crippen LogP contribution in [0.1, 0.15) is 26.7 Å². The van der Waals surface area contributed by atoms with Crippen molar-refractivity contribution in [1.82, 2.24) is 15.0 Å². The van der Waals surface area contributed by atoms with Gasteiger partial charge in [0.2, 0.25) is 11.9 Å². The van der Waals surface area contributed by atoms with Crippen LogP contribution in [-0.4, -0.2) is 48.4 Å². The second-order valence-electron chi connectivity index (χ2n) is 3.87. The minimum Gasteiger partial charge on any atom is -0.467 e. The van der Waals surface area contributed by atoms with Crippen molar-refractivity contribution in [3.8, 4) is 6.01 Å². The van der Waals surface area contributed by atoms with Crippen molar-refractivity contribution in [3.05, 3.63) is 0 Å². The van der Waals surface area contributed by atoms with Gasteiger partial charge in [-0.1, -0.05) is 6.92 Å². The van der Waals surface area contributed by atoms with E-state index in [2.05, 4.69) is 32.5 Å². The average molecular weight is 269 g/mol. The minimum absolute atomic E-state index is 0.306. The first kappa shape index (κ1) is 15.4. The van der Waals surface area contributed by atoms with E-state index in [0.717, 1.165) is 39.1 Å². The van der Waals surface area contributed by atoms with Gasteiger partial charge in [0.25, 0.3) is 0 Å². The predicted molar refractivity (Wildman–Crippen MR) is 74.8 cm³/mol. The summed E-state index contributed by atoms with van der Waals surface area (Å²) in [4.78, 5) is 12.5. The van der Waals surface area contributed by atoms with E-state index < -0.39 is 0 Å². The van der Waals surface area contributed by atoms with Crippen molar-refractivity contribution in [3.63, 3.8) is 0 Å². The molecule has 0 saturated carbocycles. The van der Waals surface area contributed by atoms with Gasteiger partial charge < -0.3 is 20.1 Å². The number of hydrogen-bond donors (Lipinski definition) is 2. The molecule has 2 N–H and O–H groups in total. The largest absolute Gasteiger partial charge is 0.467 e. The Hall–Kier alpha value is -1.63. The van der Waals surface area contributed by atoms with Gasteiger partial charge >= 0.3 is 6.01 Å². The summed E-state index contributed by atoms with van der Waals surface area (Å²) in [6, 6.07) is 0.306. The second-order valence-corrected chi connectivity index (χ2v) is 3.87. The van der Waals surface area contributed by atoms with E-state index in [4.69, 9.17) is 9.47 Å². The summed E-state index contributed by atoms with van der Waals surface area (Å²) in [7, 11) is 1.54. The SMILES string of the molecule is CCCNc1nc(NCCCOCC)nc(OC)n1. The van der Waals surface area contributed by atoms with Crippen molar-refractivity contribution in [2.45, 2.75) is 26.7 Å². The number of nitrogens with zero attached hydrogens (tertiary/aromatic N) is 3. The molecule has 0 fully saturated rings. The zero-order valence-electron chi connectivity index (χ0n) is 11.9. The summed E-state index contributed by atoms with van der Waals surface area (Å²) >= 11 is 0. The molecular weight excluding hydrogens is 246 g/mol. The van der Waals surface area contributed by atoms with E-state index in [9.17, 15) is 0 Å². The maximum absolute atomic E-state index is 5.26. The number of anilines is 2. The topological polar surface area (TPSA) is 81.2 Å². The Bertz CT molecular complexity index is 362. The van der Waals surface area contributed by atoms with Gasteiger partial charge in [0.1, 0.15) is 0 Å². The lowest BCUT2D eigenvalue weighted by atomic mass is 10.4. The number of ether oxygens (including phenoxy) is 2. The average Bonchev–Trinajstić information content (AvgIpc) is 2.44. The molecule has 0 saturated heterocycles. The molecule has 1 heterocycles. The number of aromatic nitrogens is 3. The molecule has 0 aliphatic rings.